The van der Waals surface area contributed by atoms with Crippen LogP contribution in [0.25, 0.3) is 33.4 Å². The molecule has 0 saturated heterocycles. The van der Waals surface area contributed by atoms with Crippen molar-refractivity contribution in [3.8, 4) is 28.3 Å². The summed E-state index contributed by atoms with van der Waals surface area (Å²) >= 11 is 0. The largest absolute Gasteiger partial charge is 0.474 e. The fourth-order valence-electron chi connectivity index (χ4n) is 4.51. The standard InChI is InChI=1S/C26H29F3N4O2Si/c1-36(2,3)13-12-34-16-32-23(21-22(24(28)29)31-33-14-18(27)15-35-26(21)33)20(17-8-5-4-6-9-17)19-10-7-11-30-25(19)32/h4-11,18,24H,12-16H2,1-3H3/t18-/m0/s1. The van der Waals surface area contributed by atoms with E-state index < -0.39 is 26.4 Å². The Morgan fingerprint density at radius 1 is 1.11 bits per heavy atom. The van der Waals surface area contributed by atoms with Gasteiger partial charge in [-0.05, 0) is 23.7 Å². The van der Waals surface area contributed by atoms with Crippen LogP contribution < -0.4 is 4.74 Å². The van der Waals surface area contributed by atoms with E-state index in [1.165, 1.54) is 4.68 Å². The van der Waals surface area contributed by atoms with Crippen LogP contribution in [0.15, 0.2) is 48.7 Å². The minimum absolute atomic E-state index is 0.124. The molecule has 10 heteroatoms. The maximum Gasteiger partial charge on any atom is 0.282 e. The number of benzene rings is 1. The lowest BCUT2D eigenvalue weighted by Crippen LogP contribution is -2.27. The molecular formula is C26H29F3N4O2Si. The third-order valence-corrected chi connectivity index (χ3v) is 7.95. The molecule has 0 N–H and O–H groups in total. The van der Waals surface area contributed by atoms with Gasteiger partial charge in [-0.25, -0.2) is 22.8 Å². The van der Waals surface area contributed by atoms with Gasteiger partial charge in [0.1, 0.15) is 24.7 Å². The molecule has 0 fully saturated rings. The first kappa shape index (κ1) is 24.6. The van der Waals surface area contributed by atoms with Crippen LogP contribution in [0.1, 0.15) is 12.1 Å². The Balaban J connectivity index is 1.76. The average Bonchev–Trinajstić information content (AvgIpc) is 3.37. The summed E-state index contributed by atoms with van der Waals surface area (Å²) in [6.45, 7) is 7.13. The van der Waals surface area contributed by atoms with E-state index in [-0.39, 0.29) is 31.3 Å². The quantitative estimate of drug-likeness (QED) is 0.198. The molecule has 0 unspecified atom stereocenters. The van der Waals surface area contributed by atoms with Crippen molar-refractivity contribution >= 4 is 19.1 Å². The molecule has 190 valence electrons. The van der Waals surface area contributed by atoms with Crippen LogP contribution >= 0.6 is 0 Å². The molecule has 36 heavy (non-hydrogen) atoms. The number of halogens is 3. The third kappa shape index (κ3) is 4.67. The lowest BCUT2D eigenvalue weighted by Gasteiger charge is -2.21. The van der Waals surface area contributed by atoms with Gasteiger partial charge in [0.25, 0.3) is 6.43 Å². The smallest absolute Gasteiger partial charge is 0.282 e. The molecule has 0 bridgehead atoms. The third-order valence-electron chi connectivity index (χ3n) is 6.25. The van der Waals surface area contributed by atoms with Gasteiger partial charge in [0, 0.05) is 31.8 Å². The number of aromatic nitrogens is 4. The van der Waals surface area contributed by atoms with Crippen LogP contribution in [0.5, 0.6) is 5.88 Å². The zero-order chi connectivity index (χ0) is 25.4. The second-order valence-electron chi connectivity index (χ2n) is 10.2. The molecular weight excluding hydrogens is 485 g/mol. The summed E-state index contributed by atoms with van der Waals surface area (Å²) in [5, 5.41) is 4.88. The fraction of sp³-hybridized carbons (Fsp3) is 0.385. The van der Waals surface area contributed by atoms with Crippen molar-refractivity contribution < 1.29 is 22.6 Å². The van der Waals surface area contributed by atoms with Crippen LogP contribution in [-0.4, -0.2) is 46.8 Å². The van der Waals surface area contributed by atoms with E-state index >= 15 is 0 Å². The van der Waals surface area contributed by atoms with Crippen molar-refractivity contribution in [2.75, 3.05) is 13.2 Å². The van der Waals surface area contributed by atoms with Crippen LogP contribution in [0.3, 0.4) is 0 Å². The van der Waals surface area contributed by atoms with Crippen LogP contribution in [-0.2, 0) is 18.0 Å². The average molecular weight is 515 g/mol. The summed E-state index contributed by atoms with van der Waals surface area (Å²) in [5.74, 6) is 0.141. The van der Waals surface area contributed by atoms with Crippen molar-refractivity contribution in [3.05, 3.63) is 54.4 Å². The summed E-state index contributed by atoms with van der Waals surface area (Å²) < 4.78 is 57.7. The molecule has 0 aliphatic carbocycles. The SMILES string of the molecule is C[Si](C)(C)CCOCn1c(-c2c(C(F)F)nn3c2OC[C@@H](F)C3)c(-c2ccccc2)c2cccnc21. The van der Waals surface area contributed by atoms with Crippen LogP contribution in [0.2, 0.25) is 25.7 Å². The predicted octanol–water partition coefficient (Wildman–Crippen LogP) is 6.55. The fourth-order valence-corrected chi connectivity index (χ4v) is 5.27. The first-order valence-corrected chi connectivity index (χ1v) is 15.7. The summed E-state index contributed by atoms with van der Waals surface area (Å²) in [6, 6.07) is 14.3. The Morgan fingerprint density at radius 3 is 2.61 bits per heavy atom. The summed E-state index contributed by atoms with van der Waals surface area (Å²) in [5.41, 5.74) is 2.38. The van der Waals surface area contributed by atoms with Gasteiger partial charge >= 0.3 is 0 Å². The van der Waals surface area contributed by atoms with Crippen molar-refractivity contribution in [2.45, 2.75) is 51.6 Å². The van der Waals surface area contributed by atoms with Gasteiger partial charge < -0.3 is 14.0 Å². The molecule has 0 radical (unpaired) electrons. The van der Waals surface area contributed by atoms with E-state index in [4.69, 9.17) is 9.47 Å². The lowest BCUT2D eigenvalue weighted by atomic mass is 9.98. The predicted molar refractivity (Wildman–Crippen MR) is 136 cm³/mol. The Morgan fingerprint density at radius 2 is 1.89 bits per heavy atom. The van der Waals surface area contributed by atoms with Gasteiger partial charge in [-0.2, -0.15) is 5.10 Å². The normalized spacial score (nSPS) is 15.9. The molecule has 5 rings (SSSR count). The summed E-state index contributed by atoms with van der Waals surface area (Å²) in [6.07, 6.45) is -2.53. The molecule has 1 aliphatic rings. The molecule has 4 aromatic rings. The zero-order valence-electron chi connectivity index (χ0n) is 20.5. The van der Waals surface area contributed by atoms with Gasteiger partial charge in [-0.3, -0.25) is 0 Å². The minimum atomic E-state index is -2.88. The first-order valence-electron chi connectivity index (χ1n) is 12.0. The summed E-state index contributed by atoms with van der Waals surface area (Å²) in [4.78, 5) is 4.60. The van der Waals surface area contributed by atoms with Gasteiger partial charge in [0.15, 0.2) is 6.17 Å². The first-order chi connectivity index (χ1) is 17.2. The van der Waals surface area contributed by atoms with Crippen molar-refractivity contribution in [1.82, 2.24) is 19.3 Å². The lowest BCUT2D eigenvalue weighted by molar-refractivity contribution is 0.0907. The second kappa shape index (κ2) is 9.74. The van der Waals surface area contributed by atoms with E-state index in [9.17, 15) is 13.2 Å². The Labute approximate surface area is 208 Å². The monoisotopic (exact) mass is 514 g/mol. The van der Waals surface area contributed by atoms with E-state index in [0.717, 1.165) is 22.6 Å². The number of ether oxygens (including phenoxy) is 2. The maximum atomic E-state index is 14.4. The van der Waals surface area contributed by atoms with Crippen LogP contribution in [0, 0.1) is 0 Å². The molecule has 1 atom stereocenters. The van der Waals surface area contributed by atoms with E-state index in [1.807, 2.05) is 47.0 Å². The van der Waals surface area contributed by atoms with E-state index in [1.54, 1.807) is 6.20 Å². The number of rotatable bonds is 8. The Hall–Kier alpha value is -3.11. The zero-order valence-corrected chi connectivity index (χ0v) is 21.5. The van der Waals surface area contributed by atoms with Gasteiger partial charge in [-0.1, -0.05) is 50.0 Å². The van der Waals surface area contributed by atoms with Gasteiger partial charge in [-0.15, -0.1) is 0 Å². The minimum Gasteiger partial charge on any atom is -0.474 e. The molecule has 6 nitrogen and oxygen atoms in total. The molecule has 0 spiro atoms. The highest BCUT2D eigenvalue weighted by Gasteiger charge is 2.35. The van der Waals surface area contributed by atoms with Gasteiger partial charge in [0.05, 0.1) is 17.8 Å². The Kier molecular flexibility index (Phi) is 6.65. The number of nitrogens with zero attached hydrogens (tertiary/aromatic N) is 4. The molecule has 0 saturated carbocycles. The van der Waals surface area contributed by atoms with Crippen molar-refractivity contribution in [1.29, 1.82) is 0 Å². The highest BCUT2D eigenvalue weighted by atomic mass is 28.3. The Bertz CT molecular complexity index is 1370. The van der Waals surface area contributed by atoms with E-state index in [0.29, 0.717) is 17.9 Å². The van der Waals surface area contributed by atoms with Crippen molar-refractivity contribution in [3.63, 3.8) is 0 Å². The maximum absolute atomic E-state index is 14.4. The highest BCUT2D eigenvalue weighted by Crippen LogP contribution is 2.47. The van der Waals surface area contributed by atoms with E-state index in [2.05, 4.69) is 29.7 Å². The summed E-state index contributed by atoms with van der Waals surface area (Å²) in [7, 11) is -1.33. The van der Waals surface area contributed by atoms with Crippen molar-refractivity contribution in [2.24, 2.45) is 0 Å². The van der Waals surface area contributed by atoms with Crippen LogP contribution in [0.4, 0.5) is 13.2 Å². The number of pyridine rings is 1. The van der Waals surface area contributed by atoms with Gasteiger partial charge in [0.2, 0.25) is 5.88 Å². The molecule has 1 aromatic carbocycles. The number of hydrogen-bond acceptors (Lipinski definition) is 4. The second-order valence-corrected chi connectivity index (χ2v) is 15.8. The highest BCUT2D eigenvalue weighted by molar-refractivity contribution is 6.76. The molecule has 0 amide bonds. The number of fused-ring (bicyclic) bond motifs is 2. The molecule has 3 aromatic heterocycles. The number of alkyl halides is 3. The molecule has 4 heterocycles. The topological polar surface area (TPSA) is 54.1 Å². The number of hydrogen-bond donors (Lipinski definition) is 0. The molecule has 1 aliphatic heterocycles.